The van der Waals surface area contributed by atoms with Crippen LogP contribution in [0.25, 0.3) is 0 Å². The fraction of sp³-hybridized carbons (Fsp3) is 0.417. The Bertz CT molecular complexity index is 415. The highest BCUT2D eigenvalue weighted by Crippen LogP contribution is 2.27. The Morgan fingerprint density at radius 1 is 1.35 bits per heavy atom. The molecule has 0 amide bonds. The van der Waals surface area contributed by atoms with E-state index in [4.69, 9.17) is 11.0 Å². The van der Waals surface area contributed by atoms with Gasteiger partial charge in [0.25, 0.3) is 0 Å². The van der Waals surface area contributed by atoms with E-state index in [9.17, 15) is 8.78 Å². The second-order valence-corrected chi connectivity index (χ2v) is 4.03. The predicted octanol–water partition coefficient (Wildman–Crippen LogP) is 2.68. The number of nitrogens with zero attached hydrogens (tertiary/aromatic N) is 2. The Hall–Kier alpha value is -1.83. The van der Waals surface area contributed by atoms with Crippen LogP contribution in [0.4, 0.5) is 20.2 Å². The van der Waals surface area contributed by atoms with Gasteiger partial charge in [-0.15, -0.1) is 0 Å². The summed E-state index contributed by atoms with van der Waals surface area (Å²) in [5.41, 5.74) is 5.28. The molecule has 0 saturated heterocycles. The summed E-state index contributed by atoms with van der Waals surface area (Å²) < 4.78 is 27.4. The minimum atomic E-state index is -0.700. The molecular weight excluding hydrogens is 224 g/mol. The van der Waals surface area contributed by atoms with Crippen LogP contribution in [0.15, 0.2) is 12.1 Å². The van der Waals surface area contributed by atoms with E-state index in [1.165, 1.54) is 4.90 Å². The van der Waals surface area contributed by atoms with Gasteiger partial charge in [-0.05, 0) is 26.0 Å². The summed E-state index contributed by atoms with van der Waals surface area (Å²) in [5, 5.41) is 8.54. The number of benzene rings is 1. The van der Waals surface area contributed by atoms with Gasteiger partial charge in [0.1, 0.15) is 5.69 Å². The van der Waals surface area contributed by atoms with Crippen LogP contribution in [-0.2, 0) is 0 Å². The molecular formula is C12H15F2N3. The number of nitriles is 1. The molecule has 5 heteroatoms. The molecule has 0 aliphatic heterocycles. The normalized spacial score (nSPS) is 10.4. The first-order chi connectivity index (χ1) is 7.97. The lowest BCUT2D eigenvalue weighted by atomic mass is 10.2. The number of hydrogen-bond acceptors (Lipinski definition) is 3. The minimum absolute atomic E-state index is 0.0488. The molecule has 1 rings (SSSR count). The van der Waals surface area contributed by atoms with Gasteiger partial charge in [-0.1, -0.05) is 0 Å². The van der Waals surface area contributed by atoms with Crippen molar-refractivity contribution in [1.82, 2.24) is 0 Å². The highest BCUT2D eigenvalue weighted by Gasteiger charge is 2.19. The Kier molecular flexibility index (Phi) is 4.27. The molecule has 0 fully saturated rings. The van der Waals surface area contributed by atoms with Crippen molar-refractivity contribution in [1.29, 1.82) is 5.26 Å². The van der Waals surface area contributed by atoms with Crippen molar-refractivity contribution < 1.29 is 8.78 Å². The number of nitrogen functional groups attached to an aromatic ring is 1. The molecule has 0 spiro atoms. The first kappa shape index (κ1) is 13.2. The van der Waals surface area contributed by atoms with E-state index < -0.39 is 11.6 Å². The molecule has 3 nitrogen and oxygen atoms in total. The number of rotatable bonds is 4. The van der Waals surface area contributed by atoms with Gasteiger partial charge in [0.15, 0.2) is 11.6 Å². The zero-order chi connectivity index (χ0) is 13.0. The second kappa shape index (κ2) is 5.48. The summed E-state index contributed by atoms with van der Waals surface area (Å²) in [6, 6.07) is 4.03. The highest BCUT2D eigenvalue weighted by atomic mass is 19.1. The lowest BCUT2D eigenvalue weighted by Crippen LogP contribution is -2.33. The lowest BCUT2D eigenvalue weighted by molar-refractivity contribution is 0.557. The van der Waals surface area contributed by atoms with Crippen LogP contribution >= 0.6 is 0 Å². The number of hydrogen-bond donors (Lipinski definition) is 1. The lowest BCUT2D eigenvalue weighted by Gasteiger charge is -2.28. The van der Waals surface area contributed by atoms with E-state index in [2.05, 4.69) is 0 Å². The van der Waals surface area contributed by atoms with E-state index in [0.717, 1.165) is 12.1 Å². The van der Waals surface area contributed by atoms with Gasteiger partial charge in [-0.2, -0.15) is 5.26 Å². The first-order valence-electron chi connectivity index (χ1n) is 5.35. The maximum Gasteiger partial charge on any atom is 0.151 e. The van der Waals surface area contributed by atoms with Gasteiger partial charge in [0.2, 0.25) is 0 Å². The molecule has 0 aromatic heterocycles. The summed E-state index contributed by atoms with van der Waals surface area (Å²) in [4.78, 5) is 1.52. The van der Waals surface area contributed by atoms with Gasteiger partial charge in [-0.3, -0.25) is 0 Å². The largest absolute Gasteiger partial charge is 0.399 e. The summed E-state index contributed by atoms with van der Waals surface area (Å²) in [5.74, 6) is -1.40. The van der Waals surface area contributed by atoms with Crippen LogP contribution in [0.2, 0.25) is 0 Å². The molecule has 0 heterocycles. The van der Waals surface area contributed by atoms with E-state index in [1.54, 1.807) is 0 Å². The van der Waals surface area contributed by atoms with Crippen molar-refractivity contribution >= 4 is 11.4 Å². The van der Waals surface area contributed by atoms with Crippen LogP contribution in [0.3, 0.4) is 0 Å². The monoisotopic (exact) mass is 239 g/mol. The van der Waals surface area contributed by atoms with Gasteiger partial charge in [0.05, 0.1) is 12.5 Å². The van der Waals surface area contributed by atoms with E-state index in [-0.39, 0.29) is 30.4 Å². The molecule has 17 heavy (non-hydrogen) atoms. The molecule has 0 radical (unpaired) electrons. The van der Waals surface area contributed by atoms with E-state index in [1.807, 2.05) is 19.9 Å². The maximum atomic E-state index is 13.7. The Morgan fingerprint density at radius 2 is 1.88 bits per heavy atom. The van der Waals surface area contributed by atoms with Crippen LogP contribution < -0.4 is 10.6 Å². The average molecular weight is 239 g/mol. The van der Waals surface area contributed by atoms with Gasteiger partial charge in [-0.25, -0.2) is 8.78 Å². The molecule has 1 aromatic rings. The highest BCUT2D eigenvalue weighted by molar-refractivity contribution is 5.56. The van der Waals surface area contributed by atoms with Gasteiger partial charge in [0, 0.05) is 18.3 Å². The minimum Gasteiger partial charge on any atom is -0.399 e. The molecule has 0 aliphatic carbocycles. The average Bonchev–Trinajstić information content (AvgIpc) is 2.20. The van der Waals surface area contributed by atoms with Crippen LogP contribution in [0.1, 0.15) is 20.3 Å². The summed E-state index contributed by atoms with van der Waals surface area (Å²) in [6.45, 7) is 3.91. The molecule has 92 valence electrons. The third-order valence-corrected chi connectivity index (χ3v) is 2.41. The van der Waals surface area contributed by atoms with E-state index >= 15 is 0 Å². The van der Waals surface area contributed by atoms with Crippen LogP contribution in [0.5, 0.6) is 0 Å². The fourth-order valence-corrected chi connectivity index (χ4v) is 1.66. The number of halogens is 2. The quantitative estimate of drug-likeness (QED) is 0.822. The third-order valence-electron chi connectivity index (χ3n) is 2.41. The first-order valence-corrected chi connectivity index (χ1v) is 5.35. The smallest absolute Gasteiger partial charge is 0.151 e. The van der Waals surface area contributed by atoms with Crippen molar-refractivity contribution in [3.63, 3.8) is 0 Å². The zero-order valence-electron chi connectivity index (χ0n) is 9.87. The SMILES string of the molecule is CC(C)N(CCC#N)c1c(F)cc(N)cc1F. The van der Waals surface area contributed by atoms with Crippen LogP contribution in [-0.4, -0.2) is 12.6 Å². The van der Waals surface area contributed by atoms with Crippen molar-refractivity contribution in [2.75, 3.05) is 17.2 Å². The molecule has 0 unspecified atom stereocenters. The molecule has 0 atom stereocenters. The molecule has 2 N–H and O–H groups in total. The number of nitrogens with two attached hydrogens (primary N) is 1. The molecule has 1 aromatic carbocycles. The topological polar surface area (TPSA) is 53.0 Å². The van der Waals surface area contributed by atoms with Gasteiger partial charge >= 0.3 is 0 Å². The molecule has 0 bridgehead atoms. The summed E-state index contributed by atoms with van der Waals surface area (Å²) in [6.07, 6.45) is 0.210. The Morgan fingerprint density at radius 3 is 2.29 bits per heavy atom. The second-order valence-electron chi connectivity index (χ2n) is 4.03. The fourth-order valence-electron chi connectivity index (χ4n) is 1.66. The Labute approximate surface area is 99.4 Å². The van der Waals surface area contributed by atoms with Crippen LogP contribution in [0, 0.1) is 23.0 Å². The Balaban J connectivity index is 3.14. The third kappa shape index (κ3) is 3.06. The zero-order valence-corrected chi connectivity index (χ0v) is 9.87. The summed E-state index contributed by atoms with van der Waals surface area (Å²) in [7, 11) is 0. The molecule has 0 saturated carbocycles. The standard InChI is InChI=1S/C12H15F2N3/c1-8(2)17(5-3-4-15)12-10(13)6-9(16)7-11(12)14/h6-8H,3,5,16H2,1-2H3. The number of anilines is 2. The van der Waals surface area contributed by atoms with Crippen molar-refractivity contribution in [2.24, 2.45) is 0 Å². The van der Waals surface area contributed by atoms with Crippen molar-refractivity contribution in [3.05, 3.63) is 23.8 Å². The van der Waals surface area contributed by atoms with Crippen molar-refractivity contribution in [3.8, 4) is 6.07 Å². The van der Waals surface area contributed by atoms with E-state index in [0.29, 0.717) is 0 Å². The molecule has 0 aliphatic rings. The van der Waals surface area contributed by atoms with Crippen molar-refractivity contribution in [2.45, 2.75) is 26.3 Å². The predicted molar refractivity (Wildman–Crippen MR) is 63.5 cm³/mol. The summed E-state index contributed by atoms with van der Waals surface area (Å²) >= 11 is 0. The van der Waals surface area contributed by atoms with Gasteiger partial charge < -0.3 is 10.6 Å². The maximum absolute atomic E-state index is 13.7.